The lowest BCUT2D eigenvalue weighted by molar-refractivity contribution is -0.167. The zero-order valence-electron chi connectivity index (χ0n) is 27.5. The zero-order chi connectivity index (χ0) is 31.7. The van der Waals surface area contributed by atoms with Crippen LogP contribution in [0.3, 0.4) is 0 Å². The molecule has 3 aromatic rings. The molecule has 1 aliphatic carbocycles. The quantitative estimate of drug-likeness (QED) is 0.368. The highest BCUT2D eigenvalue weighted by atomic mass is 16.8. The van der Waals surface area contributed by atoms with Crippen molar-refractivity contribution in [2.75, 3.05) is 45.2 Å². The van der Waals surface area contributed by atoms with Gasteiger partial charge in [-0.05, 0) is 71.2 Å². The van der Waals surface area contributed by atoms with Gasteiger partial charge in [-0.3, -0.25) is 4.90 Å². The van der Waals surface area contributed by atoms with Crippen molar-refractivity contribution in [3.05, 3.63) is 48.4 Å². The molecule has 242 valence electrons. The second kappa shape index (κ2) is 10.8. The van der Waals surface area contributed by atoms with Crippen LogP contribution in [-0.4, -0.2) is 99.9 Å². The number of rotatable bonds is 7. The Hall–Kier alpha value is -3.41. The van der Waals surface area contributed by atoms with E-state index in [9.17, 15) is 4.79 Å². The molecule has 3 aliphatic heterocycles. The van der Waals surface area contributed by atoms with Gasteiger partial charge >= 0.3 is 6.09 Å². The van der Waals surface area contributed by atoms with Crippen LogP contribution in [0, 0.1) is 5.92 Å². The van der Waals surface area contributed by atoms with Crippen molar-refractivity contribution in [2.45, 2.75) is 89.2 Å². The molecule has 1 saturated carbocycles. The third-order valence-electron chi connectivity index (χ3n) is 9.93. The molecular weight excluding hydrogens is 572 g/mol. The zero-order valence-corrected chi connectivity index (χ0v) is 27.5. The number of ether oxygens (including phenoxy) is 4. The third-order valence-corrected chi connectivity index (χ3v) is 9.93. The number of benzene rings is 1. The topological polar surface area (TPSA) is 94.4 Å². The van der Waals surface area contributed by atoms with Crippen molar-refractivity contribution in [3.63, 3.8) is 0 Å². The third kappa shape index (κ3) is 5.53. The minimum absolute atomic E-state index is 0.0128. The highest BCUT2D eigenvalue weighted by Crippen LogP contribution is 2.50. The second-order valence-corrected chi connectivity index (χ2v) is 14.7. The molecule has 0 unspecified atom stereocenters. The molecule has 4 atom stereocenters. The Balaban J connectivity index is 1.08. The molecule has 0 N–H and O–H groups in total. The summed E-state index contributed by atoms with van der Waals surface area (Å²) in [7, 11) is 3.74. The summed E-state index contributed by atoms with van der Waals surface area (Å²) in [4.78, 5) is 28.7. The summed E-state index contributed by atoms with van der Waals surface area (Å²) in [6, 6.07) is 10.3. The number of carbonyl (C=O) groups excluding carboxylic acids is 1. The first-order valence-electron chi connectivity index (χ1n) is 16.1. The average Bonchev–Trinajstić information content (AvgIpc) is 3.60. The number of aromatic nitrogens is 3. The van der Waals surface area contributed by atoms with Gasteiger partial charge in [-0.1, -0.05) is 12.1 Å². The van der Waals surface area contributed by atoms with E-state index in [4.69, 9.17) is 23.9 Å². The van der Waals surface area contributed by atoms with Crippen LogP contribution in [-0.2, 0) is 20.8 Å². The Bertz CT molecular complexity index is 1560. The summed E-state index contributed by atoms with van der Waals surface area (Å²) < 4.78 is 26.4. The van der Waals surface area contributed by atoms with E-state index >= 15 is 0 Å². The molecule has 3 saturated heterocycles. The maximum Gasteiger partial charge on any atom is 0.410 e. The van der Waals surface area contributed by atoms with E-state index in [1.807, 2.05) is 51.7 Å². The molecule has 1 aromatic carbocycles. The van der Waals surface area contributed by atoms with Crippen LogP contribution in [0.5, 0.6) is 5.75 Å². The van der Waals surface area contributed by atoms with Crippen LogP contribution in [0.15, 0.2) is 42.9 Å². The Morgan fingerprint density at radius 3 is 2.49 bits per heavy atom. The lowest BCUT2D eigenvalue weighted by atomic mass is 9.77. The van der Waals surface area contributed by atoms with Crippen LogP contribution >= 0.6 is 0 Å². The summed E-state index contributed by atoms with van der Waals surface area (Å²) in [5.41, 5.74) is 1.65. The standard InChI is InChI=1S/C34H46N6O5/c1-32(2,3)45-31(41)38-19-34(20-38)13-15-39(34)18-23-16-26(28-27(23)43-33(4,5)44-28)40-14-12-25-29(35-21-36-30(25)40)37(6)17-22-8-10-24(42-7)11-9-22/h8-12,14,21,23,26-28H,13,15-20H2,1-7H3/t23-,26-,27-,28+/m1/s1. The van der Waals surface area contributed by atoms with Gasteiger partial charge in [0.25, 0.3) is 0 Å². The minimum atomic E-state index is -0.648. The number of amides is 1. The molecule has 4 aliphatic rings. The molecule has 0 radical (unpaired) electrons. The van der Waals surface area contributed by atoms with Crippen molar-refractivity contribution < 1.29 is 23.7 Å². The van der Waals surface area contributed by atoms with Crippen molar-refractivity contribution in [1.29, 1.82) is 0 Å². The average molecular weight is 619 g/mol. The maximum absolute atomic E-state index is 12.6. The van der Waals surface area contributed by atoms with Crippen molar-refractivity contribution >= 4 is 22.9 Å². The summed E-state index contributed by atoms with van der Waals surface area (Å²) in [5.74, 6) is 1.39. The van der Waals surface area contributed by atoms with Gasteiger partial charge in [0.1, 0.15) is 35.2 Å². The SMILES string of the molecule is COc1ccc(CN(C)c2ncnc3c2ccn3[C@@H]2C[C@H](CN3CCC34CN(C(=O)OC(C)(C)C)C4)[C@H]3OC(C)(C)O[C@H]32)cc1. The number of carbonyl (C=O) groups is 1. The first-order chi connectivity index (χ1) is 21.3. The number of likely N-dealkylation sites (tertiary alicyclic amines) is 2. The lowest BCUT2D eigenvalue weighted by Gasteiger charge is -2.62. The van der Waals surface area contributed by atoms with E-state index in [0.717, 1.165) is 61.6 Å². The van der Waals surface area contributed by atoms with E-state index in [-0.39, 0.29) is 29.9 Å². The van der Waals surface area contributed by atoms with Gasteiger partial charge in [-0.2, -0.15) is 0 Å². The fourth-order valence-electron chi connectivity index (χ4n) is 7.75. The fraction of sp³-hybridized carbons (Fsp3) is 0.618. The smallest absolute Gasteiger partial charge is 0.410 e. The number of methoxy groups -OCH3 is 1. The molecule has 1 spiro atoms. The molecular formula is C34H46N6O5. The van der Waals surface area contributed by atoms with Crippen LogP contribution in [0.1, 0.15) is 59.1 Å². The number of hydrogen-bond acceptors (Lipinski definition) is 9. The van der Waals surface area contributed by atoms with E-state index in [1.54, 1.807) is 13.4 Å². The lowest BCUT2D eigenvalue weighted by Crippen LogP contribution is -2.78. The Labute approximate surface area is 265 Å². The number of nitrogens with zero attached hydrogens (tertiary/aromatic N) is 6. The van der Waals surface area contributed by atoms with Crippen LogP contribution in [0.4, 0.5) is 10.6 Å². The fourth-order valence-corrected chi connectivity index (χ4v) is 7.75. The van der Waals surface area contributed by atoms with E-state index in [1.165, 1.54) is 5.56 Å². The summed E-state index contributed by atoms with van der Waals surface area (Å²) in [6.07, 6.45) is 5.53. The molecule has 2 aromatic heterocycles. The van der Waals surface area contributed by atoms with Gasteiger partial charge in [0.05, 0.1) is 30.2 Å². The number of hydrogen-bond donors (Lipinski definition) is 0. The molecule has 45 heavy (non-hydrogen) atoms. The first-order valence-corrected chi connectivity index (χ1v) is 16.1. The second-order valence-electron chi connectivity index (χ2n) is 14.7. The van der Waals surface area contributed by atoms with Crippen LogP contribution in [0.25, 0.3) is 11.0 Å². The Morgan fingerprint density at radius 2 is 1.82 bits per heavy atom. The number of anilines is 1. The van der Waals surface area contributed by atoms with Gasteiger partial charge in [0.2, 0.25) is 0 Å². The molecule has 1 amide bonds. The monoisotopic (exact) mass is 618 g/mol. The molecule has 5 heterocycles. The van der Waals surface area contributed by atoms with Gasteiger partial charge < -0.3 is 33.3 Å². The van der Waals surface area contributed by atoms with E-state index < -0.39 is 11.4 Å². The first kappa shape index (κ1) is 30.3. The summed E-state index contributed by atoms with van der Waals surface area (Å²) >= 11 is 0. The molecule has 11 nitrogen and oxygen atoms in total. The predicted octanol–water partition coefficient (Wildman–Crippen LogP) is 4.85. The molecule has 0 bridgehead atoms. The molecule has 11 heteroatoms. The summed E-state index contributed by atoms with van der Waals surface area (Å²) in [6.45, 7) is 13.9. The van der Waals surface area contributed by atoms with Crippen LogP contribution < -0.4 is 9.64 Å². The van der Waals surface area contributed by atoms with Gasteiger partial charge in [-0.15, -0.1) is 0 Å². The predicted molar refractivity (Wildman–Crippen MR) is 170 cm³/mol. The number of fused-ring (bicyclic) bond motifs is 2. The van der Waals surface area contributed by atoms with Crippen molar-refractivity contribution in [3.8, 4) is 5.75 Å². The highest BCUT2D eigenvalue weighted by molar-refractivity contribution is 5.88. The van der Waals surface area contributed by atoms with Crippen molar-refractivity contribution in [1.82, 2.24) is 24.3 Å². The largest absolute Gasteiger partial charge is 0.497 e. The Morgan fingerprint density at radius 1 is 1.09 bits per heavy atom. The summed E-state index contributed by atoms with van der Waals surface area (Å²) in [5, 5.41) is 1.02. The molecule has 4 fully saturated rings. The highest BCUT2D eigenvalue weighted by Gasteiger charge is 2.59. The van der Waals surface area contributed by atoms with Crippen LogP contribution in [0.2, 0.25) is 0 Å². The van der Waals surface area contributed by atoms with Gasteiger partial charge in [0, 0.05) is 51.9 Å². The minimum Gasteiger partial charge on any atom is -0.497 e. The van der Waals surface area contributed by atoms with Gasteiger partial charge in [0.15, 0.2) is 5.79 Å². The van der Waals surface area contributed by atoms with Crippen molar-refractivity contribution in [2.24, 2.45) is 5.92 Å². The Kier molecular flexibility index (Phi) is 7.29. The van der Waals surface area contributed by atoms with E-state index in [2.05, 4.69) is 50.8 Å². The van der Waals surface area contributed by atoms with E-state index in [0.29, 0.717) is 12.5 Å². The molecule has 7 rings (SSSR count). The normalized spacial score (nSPS) is 26.9. The van der Waals surface area contributed by atoms with Gasteiger partial charge in [-0.25, -0.2) is 14.8 Å². The maximum atomic E-state index is 12.6.